The van der Waals surface area contributed by atoms with Crippen LogP contribution in [0.15, 0.2) is 18.2 Å². The molecule has 1 saturated carbocycles. The predicted octanol–water partition coefficient (Wildman–Crippen LogP) is 3.72. The third-order valence-corrected chi connectivity index (χ3v) is 6.78. The van der Waals surface area contributed by atoms with Crippen LogP contribution in [0.2, 0.25) is 0 Å². The second kappa shape index (κ2) is 7.59. The number of nitrogens with one attached hydrogen (secondary N) is 2. The summed E-state index contributed by atoms with van der Waals surface area (Å²) in [5.41, 5.74) is 4.04. The van der Waals surface area contributed by atoms with Gasteiger partial charge >= 0.3 is 5.97 Å². The first-order valence-corrected chi connectivity index (χ1v) is 10.3. The fourth-order valence-electron chi connectivity index (χ4n) is 5.09. The van der Waals surface area contributed by atoms with Crippen LogP contribution in [0.25, 0.3) is 0 Å². The van der Waals surface area contributed by atoms with Crippen LogP contribution in [-0.4, -0.2) is 32.2 Å². The number of fused-ring (bicyclic) bond motifs is 1. The highest BCUT2D eigenvalue weighted by atomic mass is 16.5. The number of aryl methyl sites for hydroxylation is 1. The van der Waals surface area contributed by atoms with Gasteiger partial charge in [-0.3, -0.25) is 4.79 Å². The minimum absolute atomic E-state index is 0.0747. The quantitative estimate of drug-likeness (QED) is 0.790. The van der Waals surface area contributed by atoms with Crippen LogP contribution in [-0.2, 0) is 16.0 Å². The molecule has 2 N–H and O–H groups in total. The number of methoxy groups -OCH3 is 1. The highest BCUT2D eigenvalue weighted by molar-refractivity contribution is 5.73. The van der Waals surface area contributed by atoms with Crippen molar-refractivity contribution in [2.45, 2.75) is 57.4 Å². The van der Waals surface area contributed by atoms with Gasteiger partial charge in [-0.05, 0) is 86.6 Å². The van der Waals surface area contributed by atoms with Crippen molar-refractivity contribution in [1.82, 2.24) is 5.32 Å². The van der Waals surface area contributed by atoms with E-state index in [-0.39, 0.29) is 17.8 Å². The molecule has 26 heavy (non-hydrogen) atoms. The van der Waals surface area contributed by atoms with Crippen molar-refractivity contribution in [2.75, 3.05) is 25.5 Å². The molecular formula is C22H32N2O2. The number of anilines is 1. The Kier molecular flexibility index (Phi) is 5.21. The predicted molar refractivity (Wildman–Crippen MR) is 104 cm³/mol. The molecule has 1 aromatic rings. The molecule has 0 spiro atoms. The molecule has 1 aliphatic carbocycles. The molecule has 2 heterocycles. The lowest BCUT2D eigenvalue weighted by molar-refractivity contribution is -0.145. The summed E-state index contributed by atoms with van der Waals surface area (Å²) in [5, 5.41) is 7.33. The molecule has 0 radical (unpaired) electrons. The summed E-state index contributed by atoms with van der Waals surface area (Å²) in [7, 11) is 1.50. The zero-order valence-electron chi connectivity index (χ0n) is 16.1. The van der Waals surface area contributed by atoms with Gasteiger partial charge in [0.25, 0.3) is 0 Å². The molecular weight excluding hydrogens is 324 g/mol. The molecule has 1 saturated heterocycles. The average Bonchev–Trinajstić information content (AvgIpc) is 3.52. The molecule has 0 unspecified atom stereocenters. The van der Waals surface area contributed by atoms with E-state index in [4.69, 9.17) is 4.74 Å². The summed E-state index contributed by atoms with van der Waals surface area (Å²) >= 11 is 0. The molecule has 4 nitrogen and oxygen atoms in total. The Bertz CT molecular complexity index is 650. The number of hydrogen-bond donors (Lipinski definition) is 2. The Balaban J connectivity index is 1.55. The Hall–Kier alpha value is -1.55. The molecule has 4 rings (SSSR count). The van der Waals surface area contributed by atoms with Crippen LogP contribution in [0.4, 0.5) is 5.69 Å². The molecule has 0 bridgehead atoms. The summed E-state index contributed by atoms with van der Waals surface area (Å²) in [4.78, 5) is 12.2. The minimum Gasteiger partial charge on any atom is -0.469 e. The van der Waals surface area contributed by atoms with Crippen molar-refractivity contribution >= 4 is 11.7 Å². The smallest absolute Gasteiger partial charge is 0.309 e. The second-order valence-corrected chi connectivity index (χ2v) is 8.47. The van der Waals surface area contributed by atoms with Gasteiger partial charge in [0.15, 0.2) is 0 Å². The van der Waals surface area contributed by atoms with Crippen molar-refractivity contribution in [2.24, 2.45) is 17.8 Å². The van der Waals surface area contributed by atoms with Crippen LogP contribution in [0.1, 0.15) is 56.1 Å². The number of ether oxygens (including phenoxy) is 1. The average molecular weight is 357 g/mol. The molecule has 1 aromatic carbocycles. The summed E-state index contributed by atoms with van der Waals surface area (Å²) in [5.74, 6) is 1.54. The lowest BCUT2D eigenvalue weighted by Crippen LogP contribution is -2.39. The van der Waals surface area contributed by atoms with E-state index >= 15 is 0 Å². The van der Waals surface area contributed by atoms with E-state index in [1.165, 1.54) is 56.0 Å². The van der Waals surface area contributed by atoms with Crippen molar-refractivity contribution in [3.05, 3.63) is 29.3 Å². The maximum atomic E-state index is 12.2. The Labute approximate surface area is 157 Å². The summed E-state index contributed by atoms with van der Waals surface area (Å²) in [6.45, 7) is 4.33. The molecule has 142 valence electrons. The van der Waals surface area contributed by atoms with Crippen LogP contribution in [0.3, 0.4) is 0 Å². The first-order valence-electron chi connectivity index (χ1n) is 10.3. The standard InChI is InChI=1S/C22H32N2O2/c1-14(22(25)26-2)21(17-4-5-17)18-6-3-15-7-8-19(24-20(15)13-18)16-9-11-23-12-10-16/h3,6,13-14,16-17,19,21,23-24H,4-5,7-12H2,1-2H3/t14-,19+,21-/m0/s1. The van der Waals surface area contributed by atoms with E-state index in [1.807, 2.05) is 6.92 Å². The van der Waals surface area contributed by atoms with E-state index in [2.05, 4.69) is 28.8 Å². The van der Waals surface area contributed by atoms with Crippen LogP contribution in [0, 0.1) is 17.8 Å². The van der Waals surface area contributed by atoms with Gasteiger partial charge < -0.3 is 15.4 Å². The third kappa shape index (κ3) is 3.62. The minimum atomic E-state index is -0.0832. The Morgan fingerprint density at radius 1 is 1.15 bits per heavy atom. The molecule has 3 aliphatic rings. The van der Waals surface area contributed by atoms with Crippen LogP contribution < -0.4 is 10.6 Å². The largest absolute Gasteiger partial charge is 0.469 e. The fourth-order valence-corrected chi connectivity index (χ4v) is 5.09. The number of carbonyl (C=O) groups excluding carboxylic acids is 1. The Morgan fingerprint density at radius 2 is 1.92 bits per heavy atom. The lowest BCUT2D eigenvalue weighted by atomic mass is 9.80. The molecule has 2 aliphatic heterocycles. The summed E-state index contributed by atoms with van der Waals surface area (Å²) in [6, 6.07) is 7.48. The third-order valence-electron chi connectivity index (χ3n) is 6.78. The Morgan fingerprint density at radius 3 is 2.62 bits per heavy atom. The van der Waals surface area contributed by atoms with Crippen molar-refractivity contribution < 1.29 is 9.53 Å². The van der Waals surface area contributed by atoms with Crippen molar-refractivity contribution in [3.63, 3.8) is 0 Å². The van der Waals surface area contributed by atoms with E-state index in [1.54, 1.807) is 0 Å². The zero-order valence-corrected chi connectivity index (χ0v) is 16.1. The molecule has 2 fully saturated rings. The fraction of sp³-hybridized carbons (Fsp3) is 0.682. The van der Waals surface area contributed by atoms with Gasteiger partial charge in [-0.2, -0.15) is 0 Å². The van der Waals surface area contributed by atoms with Gasteiger partial charge in [-0.25, -0.2) is 0 Å². The highest BCUT2D eigenvalue weighted by Gasteiger charge is 2.39. The monoisotopic (exact) mass is 356 g/mol. The van der Waals surface area contributed by atoms with E-state index in [9.17, 15) is 4.79 Å². The normalized spacial score (nSPS) is 25.7. The zero-order chi connectivity index (χ0) is 18.1. The number of hydrogen-bond acceptors (Lipinski definition) is 4. The number of carbonyl (C=O) groups is 1. The summed E-state index contributed by atoms with van der Waals surface area (Å²) < 4.78 is 5.04. The van der Waals surface area contributed by atoms with Gasteiger partial charge in [0.2, 0.25) is 0 Å². The molecule has 0 amide bonds. The van der Waals surface area contributed by atoms with Crippen molar-refractivity contribution in [3.8, 4) is 0 Å². The van der Waals surface area contributed by atoms with Gasteiger partial charge in [-0.1, -0.05) is 19.1 Å². The first kappa shape index (κ1) is 17.8. The topological polar surface area (TPSA) is 50.4 Å². The highest BCUT2D eigenvalue weighted by Crippen LogP contribution is 2.48. The van der Waals surface area contributed by atoms with Gasteiger partial charge in [0.1, 0.15) is 0 Å². The molecule has 3 atom stereocenters. The number of rotatable bonds is 5. The van der Waals surface area contributed by atoms with E-state index < -0.39 is 0 Å². The molecule has 4 heteroatoms. The number of esters is 1. The van der Waals surface area contributed by atoms with E-state index in [0.717, 1.165) is 25.4 Å². The maximum absolute atomic E-state index is 12.2. The van der Waals surface area contributed by atoms with Gasteiger partial charge in [-0.15, -0.1) is 0 Å². The van der Waals surface area contributed by atoms with Gasteiger partial charge in [0.05, 0.1) is 13.0 Å². The number of piperidine rings is 1. The van der Waals surface area contributed by atoms with E-state index in [0.29, 0.717) is 12.0 Å². The SMILES string of the molecule is COC(=O)[C@@H](C)[C@H](c1ccc2c(c1)N[C@@H](C1CCNCC1)CC2)C1CC1. The summed E-state index contributed by atoms with van der Waals surface area (Å²) in [6.07, 6.45) is 7.41. The van der Waals surface area contributed by atoms with Crippen LogP contribution >= 0.6 is 0 Å². The first-order chi connectivity index (χ1) is 12.7. The lowest BCUT2D eigenvalue weighted by Gasteiger charge is -2.36. The maximum Gasteiger partial charge on any atom is 0.309 e. The van der Waals surface area contributed by atoms with Crippen molar-refractivity contribution in [1.29, 1.82) is 0 Å². The molecule has 0 aromatic heterocycles. The second-order valence-electron chi connectivity index (χ2n) is 8.47. The number of benzene rings is 1. The van der Waals surface area contributed by atoms with Crippen LogP contribution in [0.5, 0.6) is 0 Å². The van der Waals surface area contributed by atoms with Gasteiger partial charge in [0, 0.05) is 11.7 Å².